The molecule has 1 spiro atoms. The van der Waals surface area contributed by atoms with Crippen molar-refractivity contribution < 1.29 is 9.47 Å². The Kier molecular flexibility index (Phi) is 5.95. The zero-order valence-corrected chi connectivity index (χ0v) is 29.4. The number of rotatable bonds is 2. The van der Waals surface area contributed by atoms with Gasteiger partial charge in [-0.15, -0.1) is 23.1 Å². The summed E-state index contributed by atoms with van der Waals surface area (Å²) in [6, 6.07) is 47.3. The van der Waals surface area contributed by atoms with Crippen molar-refractivity contribution in [2.24, 2.45) is 0 Å². The number of fused-ring (bicyclic) bond motifs is 11. The minimum Gasteiger partial charge on any atom is -0.456 e. The summed E-state index contributed by atoms with van der Waals surface area (Å²) in [5.41, 5.74) is 10.0. The van der Waals surface area contributed by atoms with E-state index in [0.29, 0.717) is 5.37 Å². The largest absolute Gasteiger partial charge is 0.456 e. The fourth-order valence-electron chi connectivity index (χ4n) is 8.70. The Morgan fingerprint density at radius 1 is 0.615 bits per heavy atom. The lowest BCUT2D eigenvalue weighted by atomic mass is 9.89. The fraction of sp³-hybridized carbons (Fsp3) is 0.0652. The molecule has 4 aliphatic rings. The van der Waals surface area contributed by atoms with Crippen LogP contribution in [-0.4, -0.2) is 21.8 Å². The van der Waals surface area contributed by atoms with Gasteiger partial charge in [-0.1, -0.05) is 84.9 Å². The molecule has 0 radical (unpaired) electrons. The van der Waals surface area contributed by atoms with Crippen molar-refractivity contribution in [2.75, 3.05) is 6.54 Å². The lowest BCUT2D eigenvalue weighted by Gasteiger charge is -2.23. The number of benzene rings is 6. The molecule has 1 fully saturated rings. The summed E-state index contributed by atoms with van der Waals surface area (Å²) >= 11 is 3.73. The van der Waals surface area contributed by atoms with E-state index in [-0.39, 0.29) is 5.54 Å². The number of aromatic nitrogens is 1. The molecule has 0 saturated carbocycles. The fourth-order valence-corrected chi connectivity index (χ4v) is 11.4. The zero-order valence-electron chi connectivity index (χ0n) is 27.7. The van der Waals surface area contributed by atoms with Crippen LogP contribution in [0, 0.1) is 0 Å². The van der Waals surface area contributed by atoms with E-state index in [1.54, 1.807) is 11.3 Å². The Labute approximate surface area is 308 Å². The molecule has 12 rings (SSSR count). The Morgan fingerprint density at radius 3 is 2.04 bits per heavy atom. The van der Waals surface area contributed by atoms with Gasteiger partial charge in [0.15, 0.2) is 0 Å². The number of ether oxygens (including phenoxy) is 2. The van der Waals surface area contributed by atoms with Gasteiger partial charge < -0.3 is 9.47 Å². The average molecular weight is 705 g/mol. The van der Waals surface area contributed by atoms with E-state index in [1.165, 1.54) is 31.5 Å². The highest BCUT2D eigenvalue weighted by molar-refractivity contribution is 8.00. The lowest BCUT2D eigenvalue weighted by molar-refractivity contribution is 0.472. The van der Waals surface area contributed by atoms with Gasteiger partial charge in [0.25, 0.3) is 0 Å². The van der Waals surface area contributed by atoms with Crippen molar-refractivity contribution >= 4 is 43.4 Å². The van der Waals surface area contributed by atoms with Crippen LogP contribution in [0.25, 0.3) is 64.8 Å². The summed E-state index contributed by atoms with van der Waals surface area (Å²) in [5.74, 6) is 3.15. The lowest BCUT2D eigenvalue weighted by Crippen LogP contribution is -2.10. The Hall–Kier alpha value is -5.66. The van der Waals surface area contributed by atoms with Gasteiger partial charge in [-0.05, 0) is 82.9 Å². The quantitative estimate of drug-likeness (QED) is 0.132. The first-order valence-electron chi connectivity index (χ1n) is 17.6. The molecule has 4 aliphatic heterocycles. The third-order valence-electron chi connectivity index (χ3n) is 11.1. The van der Waals surface area contributed by atoms with Crippen molar-refractivity contribution in [1.82, 2.24) is 9.88 Å². The van der Waals surface area contributed by atoms with Crippen LogP contribution in [0.3, 0.4) is 0 Å². The van der Waals surface area contributed by atoms with Gasteiger partial charge in [-0.25, -0.2) is 4.98 Å². The van der Waals surface area contributed by atoms with Crippen molar-refractivity contribution in [3.8, 4) is 67.5 Å². The van der Waals surface area contributed by atoms with Crippen LogP contribution in [0.4, 0.5) is 0 Å². The number of hydrogen-bond acceptors (Lipinski definition) is 6. The maximum absolute atomic E-state index is 7.06. The topological polar surface area (TPSA) is 34.4 Å². The summed E-state index contributed by atoms with van der Waals surface area (Å²) < 4.78 is 15.3. The van der Waals surface area contributed by atoms with Crippen LogP contribution < -0.4 is 9.47 Å². The first-order chi connectivity index (χ1) is 25.7. The molecule has 3 atom stereocenters. The van der Waals surface area contributed by atoms with E-state index < -0.39 is 0 Å². The Bertz CT molecular complexity index is 2860. The molecular weight excluding hydrogens is 677 g/mol. The molecule has 6 aromatic carbocycles. The molecule has 3 unspecified atom stereocenters. The molecule has 0 bridgehead atoms. The number of pyridine rings is 1. The first-order valence-corrected chi connectivity index (χ1v) is 19.3. The molecule has 6 heteroatoms. The average Bonchev–Trinajstić information content (AvgIpc) is 3.58. The minimum absolute atomic E-state index is 0.0109. The summed E-state index contributed by atoms with van der Waals surface area (Å²) in [6.45, 7) is 1.02. The van der Waals surface area contributed by atoms with Crippen LogP contribution >= 0.6 is 23.1 Å². The van der Waals surface area contributed by atoms with Crippen molar-refractivity contribution in [3.05, 3.63) is 157 Å². The molecule has 0 N–H and O–H groups in total. The van der Waals surface area contributed by atoms with E-state index in [9.17, 15) is 0 Å². The van der Waals surface area contributed by atoms with Crippen LogP contribution in [0.2, 0.25) is 0 Å². The Morgan fingerprint density at radius 2 is 1.27 bits per heavy atom. The number of thiophene rings is 1. The second-order valence-electron chi connectivity index (χ2n) is 13.8. The van der Waals surface area contributed by atoms with Gasteiger partial charge in [0.05, 0.1) is 10.9 Å². The van der Waals surface area contributed by atoms with E-state index in [4.69, 9.17) is 9.47 Å². The van der Waals surface area contributed by atoms with Gasteiger partial charge in [0.1, 0.15) is 27.8 Å². The predicted octanol–water partition coefficient (Wildman–Crippen LogP) is 12.5. The van der Waals surface area contributed by atoms with E-state index >= 15 is 0 Å². The highest BCUT2D eigenvalue weighted by atomic mass is 32.2. The second kappa shape index (κ2) is 10.7. The molecule has 0 aliphatic carbocycles. The highest BCUT2D eigenvalue weighted by Crippen LogP contribution is 2.69. The van der Waals surface area contributed by atoms with Crippen LogP contribution in [0.1, 0.15) is 5.56 Å². The first kappa shape index (κ1) is 29.0. The molecule has 246 valence electrons. The van der Waals surface area contributed by atoms with Crippen molar-refractivity contribution in [3.63, 3.8) is 0 Å². The molecule has 8 aromatic rings. The summed E-state index contributed by atoms with van der Waals surface area (Å²) in [5, 5.41) is 2.90. The number of para-hydroxylation sites is 2. The molecule has 2 aromatic heterocycles. The molecule has 0 amide bonds. The smallest absolute Gasteiger partial charge is 0.136 e. The van der Waals surface area contributed by atoms with Crippen LogP contribution in [0.5, 0.6) is 23.0 Å². The number of hydrogen-bond donors (Lipinski definition) is 0. The maximum atomic E-state index is 7.06. The molecule has 52 heavy (non-hydrogen) atoms. The molecule has 1 saturated heterocycles. The Balaban J connectivity index is 1.08. The van der Waals surface area contributed by atoms with Gasteiger partial charge in [-0.2, -0.15) is 0 Å². The highest BCUT2D eigenvalue weighted by Gasteiger charge is 2.69. The molecule has 4 nitrogen and oxygen atoms in total. The van der Waals surface area contributed by atoms with Gasteiger partial charge in [0.2, 0.25) is 0 Å². The van der Waals surface area contributed by atoms with Crippen molar-refractivity contribution in [1.29, 1.82) is 0 Å². The maximum Gasteiger partial charge on any atom is 0.136 e. The van der Waals surface area contributed by atoms with Crippen LogP contribution in [0.15, 0.2) is 157 Å². The standard InChI is InChI=1S/C46H28N2O2S2/c1-3-14-36-31(9-1)32-10-2-4-15-37(32)50-39-26-28(30-12-6-17-41-43(30)46-22-8-24-48(46)45(46)52-41)19-21-34(39)33-20-18-27(25-38(33)49-36)29-11-5-16-40-42(29)35-13-7-23-47-44(35)51-40/h1-23,25-26,45H,24H2. The molecular formula is C46H28N2O2S2. The molecule has 6 heterocycles. The number of nitrogens with zero attached hydrogens (tertiary/aromatic N) is 2. The number of thioether (sulfide) groups is 1. The third kappa shape index (κ3) is 4.00. The van der Waals surface area contributed by atoms with E-state index in [2.05, 4.69) is 131 Å². The SMILES string of the molecule is C1=CC23c4c(cccc4-c4ccc5c(c4)Oc4ccccc4-c4ccccc4Oc4cc(-c6cccc7sc8ncccc8c67)ccc4-5)SC2N3C1. The minimum atomic E-state index is 0.0109. The van der Waals surface area contributed by atoms with Gasteiger partial charge >= 0.3 is 0 Å². The summed E-state index contributed by atoms with van der Waals surface area (Å²) in [4.78, 5) is 9.70. The van der Waals surface area contributed by atoms with E-state index in [1.807, 2.05) is 42.2 Å². The second-order valence-corrected chi connectivity index (χ2v) is 15.9. The normalized spacial score (nSPS) is 20.1. The van der Waals surface area contributed by atoms with Crippen LogP contribution in [-0.2, 0) is 5.54 Å². The predicted molar refractivity (Wildman–Crippen MR) is 213 cm³/mol. The third-order valence-corrected chi connectivity index (χ3v) is 13.6. The van der Waals surface area contributed by atoms with Crippen molar-refractivity contribution in [2.45, 2.75) is 15.8 Å². The summed E-state index contributed by atoms with van der Waals surface area (Å²) in [7, 11) is 0. The van der Waals surface area contributed by atoms with Gasteiger partial charge in [0, 0.05) is 60.9 Å². The van der Waals surface area contributed by atoms with Gasteiger partial charge in [-0.3, -0.25) is 4.90 Å². The zero-order chi connectivity index (χ0) is 34.0. The summed E-state index contributed by atoms with van der Waals surface area (Å²) in [6.07, 6.45) is 6.61. The monoisotopic (exact) mass is 704 g/mol. The van der Waals surface area contributed by atoms with E-state index in [0.717, 1.165) is 73.3 Å².